The number of fused-ring (bicyclic) bond motifs is 1. The summed E-state index contributed by atoms with van der Waals surface area (Å²) in [6.45, 7) is 7.71. The predicted molar refractivity (Wildman–Crippen MR) is 175 cm³/mol. The van der Waals surface area contributed by atoms with Crippen LogP contribution >= 0.6 is 0 Å². The molecule has 0 saturated heterocycles. The third-order valence-corrected chi connectivity index (χ3v) is 10.2. The number of carbonyl (C=O) groups excluding carboxylic acids is 3. The number of carbonyl (C=O) groups is 3. The van der Waals surface area contributed by atoms with E-state index in [0.29, 0.717) is 23.3 Å². The van der Waals surface area contributed by atoms with Gasteiger partial charge in [-0.05, 0) is 49.9 Å². The van der Waals surface area contributed by atoms with E-state index in [1.165, 1.54) is 7.11 Å². The molecule has 0 radical (unpaired) electrons. The van der Waals surface area contributed by atoms with Gasteiger partial charge in [-0.25, -0.2) is 8.42 Å². The van der Waals surface area contributed by atoms with Crippen molar-refractivity contribution in [2.45, 2.75) is 95.3 Å². The lowest BCUT2D eigenvalue weighted by Crippen LogP contribution is -2.50. The van der Waals surface area contributed by atoms with Gasteiger partial charge in [-0.3, -0.25) is 19.7 Å². The standard InChI is InChI=1S/C34H49N3O8S/c1-6-10-16-34(7-2)23-46(41,42)29-17-25(28(43-5)20-27(29)33(37-34)24-14-12-11-13-15-24)21-36-30(38)22-35-26(18-31(39)44-8-3)19-32(40)45-9-4/h11-15,17,20,26,33,35,37H,6-10,16,18-19,21-23H2,1-5H3,(H,36,38)/t33-,34-/m1/s1. The van der Waals surface area contributed by atoms with Crippen molar-refractivity contribution in [2.75, 3.05) is 32.6 Å². The van der Waals surface area contributed by atoms with Gasteiger partial charge in [-0.2, -0.15) is 0 Å². The van der Waals surface area contributed by atoms with Gasteiger partial charge in [0.1, 0.15) is 5.75 Å². The Hall–Kier alpha value is -3.48. The van der Waals surface area contributed by atoms with E-state index in [9.17, 15) is 22.8 Å². The van der Waals surface area contributed by atoms with E-state index < -0.39 is 39.3 Å². The van der Waals surface area contributed by atoms with E-state index in [1.807, 2.05) is 37.3 Å². The molecular formula is C34H49N3O8S. The molecule has 1 aliphatic heterocycles. The number of ether oxygens (including phenoxy) is 3. The number of benzene rings is 2. The highest BCUT2D eigenvalue weighted by molar-refractivity contribution is 7.91. The number of rotatable bonds is 17. The van der Waals surface area contributed by atoms with Crippen molar-refractivity contribution in [1.29, 1.82) is 0 Å². The zero-order valence-electron chi connectivity index (χ0n) is 27.6. The molecular weight excluding hydrogens is 610 g/mol. The fraction of sp³-hybridized carbons (Fsp3) is 0.559. The first-order valence-corrected chi connectivity index (χ1v) is 17.7. The van der Waals surface area contributed by atoms with Gasteiger partial charge >= 0.3 is 11.9 Å². The molecule has 2 atom stereocenters. The highest BCUT2D eigenvalue weighted by Gasteiger charge is 2.42. The number of amides is 1. The molecule has 0 unspecified atom stereocenters. The molecule has 0 aromatic heterocycles. The summed E-state index contributed by atoms with van der Waals surface area (Å²) < 4.78 is 43.9. The predicted octanol–water partition coefficient (Wildman–Crippen LogP) is 3.98. The molecule has 3 rings (SSSR count). The van der Waals surface area contributed by atoms with Gasteiger partial charge in [-0.1, -0.05) is 57.0 Å². The lowest BCUT2D eigenvalue weighted by Gasteiger charge is -2.36. The largest absolute Gasteiger partial charge is 0.496 e. The van der Waals surface area contributed by atoms with Crippen LogP contribution in [0, 0.1) is 0 Å². The minimum absolute atomic E-state index is 0.00505. The minimum Gasteiger partial charge on any atom is -0.496 e. The van der Waals surface area contributed by atoms with Crippen molar-refractivity contribution in [1.82, 2.24) is 16.0 Å². The van der Waals surface area contributed by atoms with E-state index in [2.05, 4.69) is 22.9 Å². The molecule has 0 aliphatic carbocycles. The van der Waals surface area contributed by atoms with E-state index in [4.69, 9.17) is 14.2 Å². The van der Waals surface area contributed by atoms with Crippen LogP contribution in [-0.2, 0) is 40.2 Å². The summed E-state index contributed by atoms with van der Waals surface area (Å²) >= 11 is 0. The van der Waals surface area contributed by atoms with Gasteiger partial charge in [-0.15, -0.1) is 0 Å². The van der Waals surface area contributed by atoms with Gasteiger partial charge in [0.15, 0.2) is 9.84 Å². The Morgan fingerprint density at radius 3 is 2.22 bits per heavy atom. The van der Waals surface area contributed by atoms with Crippen LogP contribution in [0.15, 0.2) is 47.4 Å². The Labute approximate surface area is 273 Å². The van der Waals surface area contributed by atoms with Crippen molar-refractivity contribution in [3.63, 3.8) is 0 Å². The van der Waals surface area contributed by atoms with Crippen molar-refractivity contribution in [3.05, 3.63) is 59.2 Å². The Kier molecular flexibility index (Phi) is 14.0. The lowest BCUT2D eigenvalue weighted by molar-refractivity contribution is -0.146. The van der Waals surface area contributed by atoms with Crippen molar-refractivity contribution in [3.8, 4) is 5.75 Å². The molecule has 0 bridgehead atoms. The van der Waals surface area contributed by atoms with Gasteiger partial charge in [0.05, 0.1) is 56.4 Å². The molecule has 254 valence electrons. The van der Waals surface area contributed by atoms with Gasteiger partial charge in [0, 0.05) is 23.7 Å². The summed E-state index contributed by atoms with van der Waals surface area (Å²) in [5.41, 5.74) is 1.44. The van der Waals surface area contributed by atoms with E-state index in [1.54, 1.807) is 26.0 Å². The quantitative estimate of drug-likeness (QED) is 0.213. The van der Waals surface area contributed by atoms with Gasteiger partial charge in [0.25, 0.3) is 0 Å². The summed E-state index contributed by atoms with van der Waals surface area (Å²) in [5, 5.41) is 9.51. The molecule has 1 aliphatic rings. The Balaban J connectivity index is 1.88. The molecule has 2 aromatic rings. The van der Waals surface area contributed by atoms with Crippen LogP contribution in [0.4, 0.5) is 0 Å². The summed E-state index contributed by atoms with van der Waals surface area (Å²) in [7, 11) is -2.23. The number of nitrogens with one attached hydrogen (secondary N) is 3. The van der Waals surface area contributed by atoms with Crippen molar-refractivity contribution < 1.29 is 37.0 Å². The van der Waals surface area contributed by atoms with Gasteiger partial charge in [0.2, 0.25) is 5.91 Å². The Morgan fingerprint density at radius 2 is 1.65 bits per heavy atom. The van der Waals surface area contributed by atoms with Crippen LogP contribution in [0.3, 0.4) is 0 Å². The molecule has 0 saturated carbocycles. The average Bonchev–Trinajstić information content (AvgIpc) is 3.13. The monoisotopic (exact) mass is 659 g/mol. The first-order chi connectivity index (χ1) is 22.0. The van der Waals surface area contributed by atoms with E-state index in [0.717, 1.165) is 24.8 Å². The number of hydrogen-bond acceptors (Lipinski definition) is 10. The molecule has 1 amide bonds. The number of esters is 2. The topological polar surface area (TPSA) is 149 Å². The van der Waals surface area contributed by atoms with Crippen LogP contribution < -0.4 is 20.7 Å². The second-order valence-electron chi connectivity index (χ2n) is 11.6. The minimum atomic E-state index is -3.74. The van der Waals surface area contributed by atoms with Gasteiger partial charge < -0.3 is 24.8 Å². The van der Waals surface area contributed by atoms with Crippen molar-refractivity contribution >= 4 is 27.7 Å². The third-order valence-electron chi connectivity index (χ3n) is 8.26. The van der Waals surface area contributed by atoms with Crippen LogP contribution in [0.25, 0.3) is 0 Å². The summed E-state index contributed by atoms with van der Waals surface area (Å²) in [5.74, 6) is -0.996. The molecule has 46 heavy (non-hydrogen) atoms. The Morgan fingerprint density at radius 1 is 1.00 bits per heavy atom. The molecule has 11 nitrogen and oxygen atoms in total. The highest BCUT2D eigenvalue weighted by atomic mass is 32.2. The maximum Gasteiger partial charge on any atom is 0.307 e. The summed E-state index contributed by atoms with van der Waals surface area (Å²) in [4.78, 5) is 37.2. The molecule has 2 aromatic carbocycles. The number of hydrogen-bond donors (Lipinski definition) is 3. The van der Waals surface area contributed by atoms with Crippen LogP contribution in [0.5, 0.6) is 5.75 Å². The third kappa shape index (κ3) is 10.0. The number of unbranched alkanes of at least 4 members (excludes halogenated alkanes) is 1. The first kappa shape index (κ1) is 37.0. The van der Waals surface area contributed by atoms with Crippen molar-refractivity contribution in [2.24, 2.45) is 0 Å². The fourth-order valence-corrected chi connectivity index (χ4v) is 7.98. The lowest BCUT2D eigenvalue weighted by atomic mass is 9.88. The maximum absolute atomic E-state index is 14.1. The molecule has 12 heteroatoms. The first-order valence-electron chi connectivity index (χ1n) is 16.1. The number of methoxy groups -OCH3 is 1. The van der Waals surface area contributed by atoms with Crippen LogP contribution in [0.2, 0.25) is 0 Å². The van der Waals surface area contributed by atoms with Crippen LogP contribution in [0.1, 0.15) is 89.0 Å². The molecule has 0 spiro atoms. The second-order valence-corrected chi connectivity index (χ2v) is 13.5. The zero-order chi connectivity index (χ0) is 33.7. The number of sulfone groups is 1. The SMILES string of the molecule is CCCC[C@]1(CC)CS(=O)(=O)c2cc(CNC(=O)CNC(CC(=O)OCC)CC(=O)OCC)c(OC)cc2[C@@H](c2ccccc2)N1. The Bertz CT molecular complexity index is 1410. The van der Waals surface area contributed by atoms with E-state index in [-0.39, 0.29) is 55.8 Å². The molecule has 0 fully saturated rings. The second kappa shape index (κ2) is 17.4. The maximum atomic E-state index is 14.1. The molecule has 3 N–H and O–H groups in total. The smallest absolute Gasteiger partial charge is 0.307 e. The summed E-state index contributed by atoms with van der Waals surface area (Å²) in [6, 6.07) is 12.1. The average molecular weight is 660 g/mol. The fourth-order valence-electron chi connectivity index (χ4n) is 5.81. The van der Waals surface area contributed by atoms with E-state index >= 15 is 0 Å². The highest BCUT2D eigenvalue weighted by Crippen LogP contribution is 2.40. The normalized spacial score (nSPS) is 18.7. The van der Waals surface area contributed by atoms with Crippen LogP contribution in [-0.4, -0.2) is 70.5 Å². The molecule has 1 heterocycles. The summed E-state index contributed by atoms with van der Waals surface area (Å²) in [6.07, 6.45) is 2.99. The zero-order valence-corrected chi connectivity index (χ0v) is 28.5.